The lowest BCUT2D eigenvalue weighted by Gasteiger charge is -2.31. The molecule has 3 aromatic rings. The van der Waals surface area contributed by atoms with Crippen molar-refractivity contribution in [2.24, 2.45) is 11.8 Å². The number of rotatable bonds is 6. The van der Waals surface area contributed by atoms with E-state index >= 15 is 0 Å². The lowest BCUT2D eigenvalue weighted by molar-refractivity contribution is -0.126. The third-order valence-corrected chi connectivity index (χ3v) is 7.79. The Kier molecular flexibility index (Phi) is 5.95. The summed E-state index contributed by atoms with van der Waals surface area (Å²) in [7, 11) is 0. The van der Waals surface area contributed by atoms with Gasteiger partial charge in [-0.05, 0) is 62.3 Å². The molecule has 1 saturated heterocycles. The highest BCUT2D eigenvalue weighted by Gasteiger charge is 2.31. The summed E-state index contributed by atoms with van der Waals surface area (Å²) in [5.41, 5.74) is 2.02. The Morgan fingerprint density at radius 3 is 2.75 bits per heavy atom. The maximum atomic E-state index is 13.3. The van der Waals surface area contributed by atoms with E-state index in [-0.39, 0.29) is 17.7 Å². The van der Waals surface area contributed by atoms with Gasteiger partial charge in [-0.1, -0.05) is 23.7 Å². The largest absolute Gasteiger partial charge is 0.356 e. The van der Waals surface area contributed by atoms with Gasteiger partial charge in [0, 0.05) is 30.0 Å². The number of likely N-dealkylation sites (tertiary alicyclic amines) is 1. The molecular weight excluding hydrogens is 444 g/mol. The second-order valence-electron chi connectivity index (χ2n) is 8.98. The maximum Gasteiger partial charge on any atom is 0.264 e. The molecule has 1 N–H and O–H groups in total. The van der Waals surface area contributed by atoms with E-state index in [1.807, 2.05) is 46.8 Å². The Balaban J connectivity index is 1.30. The van der Waals surface area contributed by atoms with Crippen molar-refractivity contribution in [1.82, 2.24) is 20.0 Å². The Morgan fingerprint density at radius 1 is 1.22 bits per heavy atom. The van der Waals surface area contributed by atoms with Crippen molar-refractivity contribution in [2.75, 3.05) is 19.6 Å². The molecule has 1 aliphatic heterocycles. The minimum atomic E-state index is -0.108. The molecule has 6 nitrogen and oxygen atoms in total. The lowest BCUT2D eigenvalue weighted by atomic mass is 9.97. The van der Waals surface area contributed by atoms with E-state index in [1.54, 1.807) is 0 Å². The standard InChI is InChI=1S/C24H27ClN4O2S/c1-15-20-11-21(32-24(20)29(27-15)13-17-6-8-19(25)9-7-17)23(31)28-10-2-3-18(14-28)22(30)26-12-16-4-5-16/h6-9,11,16,18H,2-5,10,12-14H2,1H3,(H,26,30). The zero-order valence-corrected chi connectivity index (χ0v) is 19.7. The van der Waals surface area contributed by atoms with E-state index in [0.717, 1.165) is 40.9 Å². The summed E-state index contributed by atoms with van der Waals surface area (Å²) in [6.07, 6.45) is 4.15. The minimum absolute atomic E-state index is 0.0170. The van der Waals surface area contributed by atoms with Crippen LogP contribution in [0.1, 0.15) is 46.6 Å². The summed E-state index contributed by atoms with van der Waals surface area (Å²) in [5, 5.41) is 9.48. The van der Waals surface area contributed by atoms with Crippen molar-refractivity contribution >= 4 is 45.0 Å². The van der Waals surface area contributed by atoms with Crippen LogP contribution in [0, 0.1) is 18.8 Å². The van der Waals surface area contributed by atoms with Gasteiger partial charge in [0.2, 0.25) is 5.91 Å². The highest BCUT2D eigenvalue weighted by molar-refractivity contribution is 7.20. The van der Waals surface area contributed by atoms with E-state index in [0.29, 0.717) is 35.5 Å². The molecule has 1 unspecified atom stereocenters. The lowest BCUT2D eigenvalue weighted by Crippen LogP contribution is -2.45. The molecule has 0 spiro atoms. The van der Waals surface area contributed by atoms with Crippen molar-refractivity contribution in [1.29, 1.82) is 0 Å². The Bertz CT molecular complexity index is 1150. The molecule has 1 saturated carbocycles. The average molecular weight is 471 g/mol. The number of amides is 2. The number of hydrogen-bond acceptors (Lipinski definition) is 4. The highest BCUT2D eigenvalue weighted by atomic mass is 35.5. The van der Waals surface area contributed by atoms with Crippen molar-refractivity contribution in [3.63, 3.8) is 0 Å². The molecule has 3 heterocycles. The number of nitrogens with one attached hydrogen (secondary N) is 1. The number of fused-ring (bicyclic) bond motifs is 1. The van der Waals surface area contributed by atoms with Gasteiger partial charge in [-0.2, -0.15) is 5.10 Å². The van der Waals surface area contributed by atoms with Crippen LogP contribution in [0.15, 0.2) is 30.3 Å². The van der Waals surface area contributed by atoms with Gasteiger partial charge < -0.3 is 10.2 Å². The van der Waals surface area contributed by atoms with Crippen LogP contribution in [-0.2, 0) is 11.3 Å². The van der Waals surface area contributed by atoms with E-state index in [1.165, 1.54) is 24.2 Å². The highest BCUT2D eigenvalue weighted by Crippen LogP contribution is 2.31. The minimum Gasteiger partial charge on any atom is -0.356 e. The van der Waals surface area contributed by atoms with Crippen molar-refractivity contribution in [2.45, 2.75) is 39.2 Å². The van der Waals surface area contributed by atoms with Gasteiger partial charge in [-0.15, -0.1) is 11.3 Å². The fourth-order valence-corrected chi connectivity index (χ4v) is 5.59. The number of aryl methyl sites for hydroxylation is 1. The summed E-state index contributed by atoms with van der Waals surface area (Å²) in [6.45, 7) is 4.59. The first kappa shape index (κ1) is 21.5. The molecule has 1 aromatic carbocycles. The molecule has 5 rings (SSSR count). The molecule has 2 amide bonds. The number of hydrogen-bond donors (Lipinski definition) is 1. The van der Waals surface area contributed by atoms with Gasteiger partial charge >= 0.3 is 0 Å². The number of carbonyl (C=O) groups excluding carboxylic acids is 2. The Hall–Kier alpha value is -2.38. The monoisotopic (exact) mass is 470 g/mol. The second kappa shape index (κ2) is 8.87. The van der Waals surface area contributed by atoms with Crippen molar-refractivity contribution in [3.8, 4) is 0 Å². The number of benzene rings is 1. The van der Waals surface area contributed by atoms with E-state index in [9.17, 15) is 9.59 Å². The van der Waals surface area contributed by atoms with Crippen LogP contribution < -0.4 is 5.32 Å². The predicted molar refractivity (Wildman–Crippen MR) is 127 cm³/mol. The van der Waals surface area contributed by atoms with Crippen LogP contribution in [-0.4, -0.2) is 46.1 Å². The number of nitrogens with zero attached hydrogens (tertiary/aromatic N) is 3. The van der Waals surface area contributed by atoms with E-state index in [2.05, 4.69) is 10.4 Å². The summed E-state index contributed by atoms with van der Waals surface area (Å²) in [4.78, 5) is 29.4. The first-order chi connectivity index (χ1) is 15.5. The normalized spacial score (nSPS) is 18.8. The van der Waals surface area contributed by atoms with Crippen LogP contribution in [0.25, 0.3) is 10.2 Å². The molecule has 2 aliphatic rings. The summed E-state index contributed by atoms with van der Waals surface area (Å²) in [6, 6.07) is 9.70. The molecule has 0 bridgehead atoms. The van der Waals surface area contributed by atoms with Gasteiger partial charge in [-0.25, -0.2) is 0 Å². The van der Waals surface area contributed by atoms with Gasteiger partial charge in [0.05, 0.1) is 23.0 Å². The molecule has 2 fully saturated rings. The van der Waals surface area contributed by atoms with Crippen LogP contribution >= 0.6 is 22.9 Å². The molecule has 1 atom stereocenters. The molecule has 2 aromatic heterocycles. The molecule has 0 radical (unpaired) electrons. The van der Waals surface area contributed by atoms with Crippen molar-refractivity contribution in [3.05, 3.63) is 51.5 Å². The zero-order valence-electron chi connectivity index (χ0n) is 18.1. The van der Waals surface area contributed by atoms with Crippen LogP contribution in [0.5, 0.6) is 0 Å². The topological polar surface area (TPSA) is 67.2 Å². The quantitative estimate of drug-likeness (QED) is 0.577. The van der Waals surface area contributed by atoms with Gasteiger partial charge in [0.25, 0.3) is 5.91 Å². The number of thiophene rings is 1. The molecular formula is C24H27ClN4O2S. The van der Waals surface area contributed by atoms with Gasteiger partial charge in [-0.3, -0.25) is 14.3 Å². The fraction of sp³-hybridized carbons (Fsp3) is 0.458. The first-order valence-corrected chi connectivity index (χ1v) is 12.5. The van der Waals surface area contributed by atoms with E-state index < -0.39 is 0 Å². The van der Waals surface area contributed by atoms with Gasteiger partial charge in [0.1, 0.15) is 4.83 Å². The van der Waals surface area contributed by atoms with Crippen molar-refractivity contribution < 1.29 is 9.59 Å². The van der Waals surface area contributed by atoms with Gasteiger partial charge in [0.15, 0.2) is 0 Å². The summed E-state index contributed by atoms with van der Waals surface area (Å²) < 4.78 is 1.96. The average Bonchev–Trinajstić information content (AvgIpc) is 3.45. The third kappa shape index (κ3) is 4.55. The predicted octanol–water partition coefficient (Wildman–Crippen LogP) is 4.49. The molecule has 1 aliphatic carbocycles. The van der Waals surface area contributed by atoms with Crippen LogP contribution in [0.2, 0.25) is 5.02 Å². The maximum absolute atomic E-state index is 13.3. The zero-order chi connectivity index (χ0) is 22.2. The van der Waals surface area contributed by atoms with E-state index in [4.69, 9.17) is 11.6 Å². The SMILES string of the molecule is Cc1nn(Cc2ccc(Cl)cc2)c2sc(C(=O)N3CCCC(C(=O)NCC4CC4)C3)cc12. The van der Waals surface area contributed by atoms with Crippen LogP contribution in [0.4, 0.5) is 0 Å². The molecule has 8 heteroatoms. The summed E-state index contributed by atoms with van der Waals surface area (Å²) >= 11 is 7.49. The number of halogens is 1. The third-order valence-electron chi connectivity index (χ3n) is 6.41. The number of carbonyl (C=O) groups is 2. The number of piperidine rings is 1. The first-order valence-electron chi connectivity index (χ1n) is 11.3. The molecule has 168 valence electrons. The van der Waals surface area contributed by atoms with Crippen LogP contribution in [0.3, 0.4) is 0 Å². The Labute approximate surface area is 196 Å². The second-order valence-corrected chi connectivity index (χ2v) is 10.4. The fourth-order valence-electron chi connectivity index (χ4n) is 4.33. The number of aromatic nitrogens is 2. The smallest absolute Gasteiger partial charge is 0.264 e. The Morgan fingerprint density at radius 2 is 2.00 bits per heavy atom. The summed E-state index contributed by atoms with van der Waals surface area (Å²) in [5.74, 6) is 0.668. The molecule has 32 heavy (non-hydrogen) atoms.